The van der Waals surface area contributed by atoms with E-state index in [2.05, 4.69) is 11.4 Å². The summed E-state index contributed by atoms with van der Waals surface area (Å²) < 4.78 is 1.70. The van der Waals surface area contributed by atoms with E-state index in [1.54, 1.807) is 4.68 Å². The van der Waals surface area contributed by atoms with Gasteiger partial charge in [-0.05, 0) is 12.0 Å². The van der Waals surface area contributed by atoms with Crippen LogP contribution in [0.25, 0.3) is 0 Å². The maximum Gasteiger partial charge on any atom is 0.121 e. The van der Waals surface area contributed by atoms with E-state index in [0.717, 1.165) is 23.7 Å². The van der Waals surface area contributed by atoms with E-state index in [0.29, 0.717) is 0 Å². The summed E-state index contributed by atoms with van der Waals surface area (Å²) in [5, 5.41) is 4.23. The molecule has 0 bridgehead atoms. The van der Waals surface area contributed by atoms with Crippen LogP contribution in [0.1, 0.15) is 5.69 Å². The molecule has 4 heteroatoms. The van der Waals surface area contributed by atoms with E-state index in [4.69, 9.17) is 5.73 Å². The number of aromatic nitrogens is 2. The third-order valence-corrected chi connectivity index (χ3v) is 2.14. The Morgan fingerprint density at radius 1 is 1.73 bits per heavy atom. The molecule has 1 rings (SSSR count). The van der Waals surface area contributed by atoms with Crippen molar-refractivity contribution in [1.29, 1.82) is 0 Å². The summed E-state index contributed by atoms with van der Waals surface area (Å²) in [7, 11) is 1.86. The zero-order valence-electron chi connectivity index (χ0n) is 6.87. The largest absolute Gasteiger partial charge is 0.384 e. The molecule has 11 heavy (non-hydrogen) atoms. The highest BCUT2D eigenvalue weighted by atomic mass is 32.2. The van der Waals surface area contributed by atoms with Crippen LogP contribution < -0.4 is 5.73 Å². The lowest BCUT2D eigenvalue weighted by Gasteiger charge is -1.91. The molecule has 0 aliphatic rings. The second-order valence-electron chi connectivity index (χ2n) is 2.43. The molecule has 0 aliphatic heterocycles. The van der Waals surface area contributed by atoms with Crippen LogP contribution in [0.4, 0.5) is 5.82 Å². The highest BCUT2D eigenvalue weighted by Gasteiger charge is 1.99. The number of aryl methyl sites for hydroxylation is 2. The number of hydrogen-bond donors (Lipinski definition) is 1. The average molecular weight is 171 g/mol. The molecule has 0 atom stereocenters. The molecule has 0 saturated heterocycles. The van der Waals surface area contributed by atoms with Crippen LogP contribution in [0.3, 0.4) is 0 Å². The minimum absolute atomic E-state index is 0.737. The topological polar surface area (TPSA) is 43.8 Å². The highest BCUT2D eigenvalue weighted by Crippen LogP contribution is 2.06. The summed E-state index contributed by atoms with van der Waals surface area (Å²) in [5.74, 6) is 1.84. The van der Waals surface area contributed by atoms with Crippen molar-refractivity contribution in [2.24, 2.45) is 7.05 Å². The molecule has 62 valence electrons. The molecule has 1 aromatic heterocycles. The number of thioether (sulfide) groups is 1. The van der Waals surface area contributed by atoms with E-state index in [-0.39, 0.29) is 0 Å². The van der Waals surface area contributed by atoms with Crippen LogP contribution in [0.2, 0.25) is 0 Å². The van der Waals surface area contributed by atoms with Gasteiger partial charge >= 0.3 is 0 Å². The van der Waals surface area contributed by atoms with Gasteiger partial charge in [0.25, 0.3) is 0 Å². The molecular formula is C7H13N3S. The van der Waals surface area contributed by atoms with Crippen LogP contribution in [0, 0.1) is 0 Å². The molecule has 1 aromatic rings. The molecule has 0 aromatic carbocycles. The van der Waals surface area contributed by atoms with Crippen LogP contribution in [0.5, 0.6) is 0 Å². The predicted octanol–water partition coefficient (Wildman–Crippen LogP) is 0.908. The van der Waals surface area contributed by atoms with Gasteiger partial charge in [-0.3, -0.25) is 4.68 Å². The molecule has 0 amide bonds. The van der Waals surface area contributed by atoms with Crippen molar-refractivity contribution in [3.8, 4) is 0 Å². The average Bonchev–Trinajstić information content (AvgIpc) is 2.28. The zero-order valence-corrected chi connectivity index (χ0v) is 7.69. The fourth-order valence-electron chi connectivity index (χ4n) is 0.872. The first-order valence-electron chi connectivity index (χ1n) is 3.51. The SMILES string of the molecule is CSCCc1cc(N)n(C)n1. The quantitative estimate of drug-likeness (QED) is 0.735. The van der Waals surface area contributed by atoms with Crippen molar-refractivity contribution in [3.63, 3.8) is 0 Å². The first kappa shape index (κ1) is 8.46. The molecule has 0 unspecified atom stereocenters. The van der Waals surface area contributed by atoms with Crippen molar-refractivity contribution in [3.05, 3.63) is 11.8 Å². The summed E-state index contributed by atoms with van der Waals surface area (Å²) in [5.41, 5.74) is 6.69. The standard InChI is InChI=1S/C7H13N3S/c1-10-7(8)5-6(9-10)3-4-11-2/h5H,3-4,8H2,1-2H3. The smallest absolute Gasteiger partial charge is 0.121 e. The molecule has 2 N–H and O–H groups in total. The maximum atomic E-state index is 5.61. The Balaban J connectivity index is 2.58. The molecule has 0 fully saturated rings. The Morgan fingerprint density at radius 2 is 2.45 bits per heavy atom. The Bertz CT molecular complexity index is 212. The van der Waals surface area contributed by atoms with E-state index in [9.17, 15) is 0 Å². The maximum absolute atomic E-state index is 5.61. The Labute approximate surface area is 71.0 Å². The van der Waals surface area contributed by atoms with Gasteiger partial charge in [-0.2, -0.15) is 16.9 Å². The number of nitrogens with zero attached hydrogens (tertiary/aromatic N) is 2. The van der Waals surface area contributed by atoms with Crippen LogP contribution in [0.15, 0.2) is 6.07 Å². The lowest BCUT2D eigenvalue weighted by Crippen LogP contribution is -1.97. The van der Waals surface area contributed by atoms with Crippen LogP contribution in [-0.4, -0.2) is 21.8 Å². The number of nitrogens with two attached hydrogens (primary N) is 1. The highest BCUT2D eigenvalue weighted by molar-refractivity contribution is 7.98. The normalized spacial score (nSPS) is 10.4. The Morgan fingerprint density at radius 3 is 2.91 bits per heavy atom. The van der Waals surface area contributed by atoms with Crippen LogP contribution >= 0.6 is 11.8 Å². The number of rotatable bonds is 3. The molecule has 1 heterocycles. The predicted molar refractivity (Wildman–Crippen MR) is 49.7 cm³/mol. The van der Waals surface area contributed by atoms with Gasteiger partial charge in [0.05, 0.1) is 5.69 Å². The van der Waals surface area contributed by atoms with Crippen molar-refractivity contribution in [2.75, 3.05) is 17.7 Å². The molecule has 0 radical (unpaired) electrons. The van der Waals surface area contributed by atoms with Gasteiger partial charge in [0.1, 0.15) is 5.82 Å². The minimum Gasteiger partial charge on any atom is -0.384 e. The number of hydrogen-bond acceptors (Lipinski definition) is 3. The van der Waals surface area contributed by atoms with Gasteiger partial charge in [0.2, 0.25) is 0 Å². The van der Waals surface area contributed by atoms with E-state index in [1.165, 1.54) is 0 Å². The first-order chi connectivity index (χ1) is 5.24. The molecule has 0 spiro atoms. The van der Waals surface area contributed by atoms with Gasteiger partial charge in [-0.1, -0.05) is 0 Å². The van der Waals surface area contributed by atoms with Crippen molar-refractivity contribution in [2.45, 2.75) is 6.42 Å². The second-order valence-corrected chi connectivity index (χ2v) is 3.41. The number of anilines is 1. The van der Waals surface area contributed by atoms with E-state index >= 15 is 0 Å². The van der Waals surface area contributed by atoms with E-state index < -0.39 is 0 Å². The lowest BCUT2D eigenvalue weighted by molar-refractivity contribution is 0.756. The zero-order chi connectivity index (χ0) is 8.27. The minimum atomic E-state index is 0.737. The van der Waals surface area contributed by atoms with Gasteiger partial charge in [0.15, 0.2) is 0 Å². The van der Waals surface area contributed by atoms with Crippen molar-refractivity contribution >= 4 is 17.6 Å². The first-order valence-corrected chi connectivity index (χ1v) is 4.90. The summed E-state index contributed by atoms with van der Waals surface area (Å²) >= 11 is 1.82. The third kappa shape index (κ3) is 2.15. The molecule has 0 saturated carbocycles. The molecule has 3 nitrogen and oxygen atoms in total. The Kier molecular flexibility index (Phi) is 2.82. The number of nitrogen functional groups attached to an aromatic ring is 1. The Hall–Kier alpha value is -0.640. The van der Waals surface area contributed by atoms with Gasteiger partial charge in [0, 0.05) is 19.5 Å². The summed E-state index contributed by atoms with van der Waals surface area (Å²) in [6.45, 7) is 0. The molecular weight excluding hydrogens is 158 g/mol. The van der Waals surface area contributed by atoms with Gasteiger partial charge < -0.3 is 5.73 Å². The van der Waals surface area contributed by atoms with Gasteiger partial charge in [-0.25, -0.2) is 0 Å². The summed E-state index contributed by atoms with van der Waals surface area (Å²) in [6.07, 6.45) is 3.10. The van der Waals surface area contributed by atoms with E-state index in [1.807, 2.05) is 24.9 Å². The fourth-order valence-corrected chi connectivity index (χ4v) is 1.29. The van der Waals surface area contributed by atoms with Crippen molar-refractivity contribution in [1.82, 2.24) is 9.78 Å². The van der Waals surface area contributed by atoms with Crippen LogP contribution in [-0.2, 0) is 13.5 Å². The summed E-state index contributed by atoms with van der Waals surface area (Å²) in [6, 6.07) is 1.93. The monoisotopic (exact) mass is 171 g/mol. The second kappa shape index (κ2) is 3.67. The summed E-state index contributed by atoms with van der Waals surface area (Å²) in [4.78, 5) is 0. The van der Waals surface area contributed by atoms with Gasteiger partial charge in [-0.15, -0.1) is 0 Å². The lowest BCUT2D eigenvalue weighted by atomic mass is 10.3. The fraction of sp³-hybridized carbons (Fsp3) is 0.571. The molecule has 0 aliphatic carbocycles. The third-order valence-electron chi connectivity index (χ3n) is 1.53. The van der Waals surface area contributed by atoms with Crippen molar-refractivity contribution < 1.29 is 0 Å².